The van der Waals surface area contributed by atoms with Crippen LogP contribution in [0.4, 0.5) is 24.9 Å². The molecule has 0 amide bonds. The molecule has 2 heterocycles. The first-order chi connectivity index (χ1) is 12.3. The lowest BCUT2D eigenvalue weighted by Gasteiger charge is -2.28. The Bertz CT molecular complexity index is 761. The molecule has 0 spiro atoms. The zero-order valence-electron chi connectivity index (χ0n) is 14.8. The zero-order valence-corrected chi connectivity index (χ0v) is 14.8. The third-order valence-electron chi connectivity index (χ3n) is 4.38. The van der Waals surface area contributed by atoms with Gasteiger partial charge in [0.15, 0.2) is 5.69 Å². The van der Waals surface area contributed by atoms with Crippen molar-refractivity contribution in [1.82, 2.24) is 14.9 Å². The molecule has 3 rings (SSSR count). The molecule has 0 atom stereocenters. The number of hydrogen-bond donors (Lipinski definition) is 1. The van der Waals surface area contributed by atoms with Gasteiger partial charge in [-0.2, -0.15) is 18.2 Å². The van der Waals surface area contributed by atoms with Gasteiger partial charge in [0.05, 0.1) is 0 Å². The summed E-state index contributed by atoms with van der Waals surface area (Å²) in [6.45, 7) is 2.98. The van der Waals surface area contributed by atoms with Gasteiger partial charge >= 0.3 is 6.18 Å². The molecule has 1 aliphatic rings. The van der Waals surface area contributed by atoms with Crippen molar-refractivity contribution >= 4 is 11.8 Å². The van der Waals surface area contributed by atoms with Crippen molar-refractivity contribution in [1.29, 1.82) is 0 Å². The summed E-state index contributed by atoms with van der Waals surface area (Å²) in [5.74, 6) is 0.225. The summed E-state index contributed by atoms with van der Waals surface area (Å²) in [5, 5.41) is 2.93. The molecule has 26 heavy (non-hydrogen) atoms. The Kier molecular flexibility index (Phi) is 5.31. The van der Waals surface area contributed by atoms with E-state index in [-0.39, 0.29) is 11.8 Å². The van der Waals surface area contributed by atoms with Crippen LogP contribution in [-0.2, 0) is 19.1 Å². The molecule has 1 aliphatic heterocycles. The normalized spacial score (nSPS) is 14.8. The molecule has 0 saturated carbocycles. The van der Waals surface area contributed by atoms with Crippen molar-refractivity contribution in [3.63, 3.8) is 0 Å². The van der Waals surface area contributed by atoms with Gasteiger partial charge in [0, 0.05) is 46.3 Å². The van der Waals surface area contributed by atoms with E-state index in [1.54, 1.807) is 14.1 Å². The van der Waals surface area contributed by atoms with E-state index >= 15 is 0 Å². The quantitative estimate of drug-likeness (QED) is 0.882. The summed E-state index contributed by atoms with van der Waals surface area (Å²) in [7, 11) is 3.30. The predicted molar refractivity (Wildman–Crippen MR) is 95.3 cm³/mol. The van der Waals surface area contributed by atoms with Crippen molar-refractivity contribution < 1.29 is 13.2 Å². The fourth-order valence-electron chi connectivity index (χ4n) is 2.96. The molecule has 0 fully saturated rings. The summed E-state index contributed by atoms with van der Waals surface area (Å²) in [6.07, 6.45) is -3.51. The second-order valence-electron chi connectivity index (χ2n) is 6.55. The average molecular weight is 365 g/mol. The maximum absolute atomic E-state index is 13.0. The summed E-state index contributed by atoms with van der Waals surface area (Å²) >= 11 is 0. The number of fused-ring (bicyclic) bond motifs is 1. The van der Waals surface area contributed by atoms with Gasteiger partial charge in [0.1, 0.15) is 5.82 Å². The zero-order chi connectivity index (χ0) is 18.7. The van der Waals surface area contributed by atoms with Crippen LogP contribution in [0.3, 0.4) is 0 Å². The molecule has 1 N–H and O–H groups in total. The number of halogens is 3. The van der Waals surface area contributed by atoms with Crippen LogP contribution in [0, 0.1) is 0 Å². The highest BCUT2D eigenvalue weighted by atomic mass is 19.4. The molecular formula is C18H22F3N5. The molecule has 2 aromatic rings. The highest BCUT2D eigenvalue weighted by molar-refractivity contribution is 5.44. The summed E-state index contributed by atoms with van der Waals surface area (Å²) in [6, 6.07) is 9.29. The van der Waals surface area contributed by atoms with Crippen LogP contribution in [0.15, 0.2) is 30.3 Å². The molecule has 140 valence electrons. The van der Waals surface area contributed by atoms with Crippen LogP contribution in [0.25, 0.3) is 0 Å². The number of rotatable bonds is 5. The van der Waals surface area contributed by atoms with E-state index in [1.165, 1.54) is 16.0 Å². The van der Waals surface area contributed by atoms with Crippen LogP contribution in [0.1, 0.15) is 16.8 Å². The smallest absolute Gasteiger partial charge is 0.363 e. The second kappa shape index (κ2) is 7.49. The average Bonchev–Trinajstić information content (AvgIpc) is 2.60. The van der Waals surface area contributed by atoms with Crippen molar-refractivity contribution in [3.05, 3.63) is 47.2 Å². The first kappa shape index (κ1) is 18.4. The minimum atomic E-state index is -4.50. The highest BCUT2D eigenvalue weighted by Gasteiger charge is 2.34. The summed E-state index contributed by atoms with van der Waals surface area (Å²) in [5.41, 5.74) is 1.74. The van der Waals surface area contributed by atoms with Crippen LogP contribution >= 0.6 is 0 Å². The molecule has 0 radical (unpaired) electrons. The number of hydrogen-bond acceptors (Lipinski definition) is 5. The van der Waals surface area contributed by atoms with Crippen LogP contribution < -0.4 is 10.2 Å². The standard InChI is InChI=1S/C18H22F3N5/c1-25(2)16-11-15(18(19,20)21)23-17(24-16)22-8-10-26-9-7-13-5-3-4-6-14(13)12-26/h3-6,11H,7-10,12H2,1-2H3,(H,22,23,24). The molecule has 0 bridgehead atoms. The van der Waals surface area contributed by atoms with Crippen molar-refractivity contribution in [2.45, 2.75) is 19.1 Å². The number of nitrogens with zero attached hydrogens (tertiary/aromatic N) is 4. The predicted octanol–water partition coefficient (Wildman–Crippen LogP) is 3.03. The van der Waals surface area contributed by atoms with Crippen LogP contribution in [0.2, 0.25) is 0 Å². The third-order valence-corrected chi connectivity index (χ3v) is 4.38. The van der Waals surface area contributed by atoms with Gasteiger partial charge in [0.25, 0.3) is 0 Å². The topological polar surface area (TPSA) is 44.3 Å². The third kappa shape index (κ3) is 4.43. The Balaban J connectivity index is 1.62. The van der Waals surface area contributed by atoms with Gasteiger partial charge < -0.3 is 10.2 Å². The molecule has 0 aliphatic carbocycles. The van der Waals surface area contributed by atoms with Crippen molar-refractivity contribution in [3.8, 4) is 0 Å². The van der Waals surface area contributed by atoms with Crippen molar-refractivity contribution in [2.75, 3.05) is 43.9 Å². The van der Waals surface area contributed by atoms with E-state index in [0.717, 1.165) is 25.6 Å². The number of alkyl halides is 3. The Morgan fingerprint density at radius 1 is 1.15 bits per heavy atom. The fourth-order valence-corrected chi connectivity index (χ4v) is 2.96. The number of anilines is 2. The minimum absolute atomic E-state index is 0.000865. The van der Waals surface area contributed by atoms with Crippen LogP contribution in [-0.4, -0.2) is 48.6 Å². The fraction of sp³-hybridized carbons (Fsp3) is 0.444. The van der Waals surface area contributed by atoms with Gasteiger partial charge in [-0.25, -0.2) is 4.98 Å². The summed E-state index contributed by atoms with van der Waals surface area (Å²) in [4.78, 5) is 11.6. The molecule has 1 aromatic heterocycles. The van der Waals surface area contributed by atoms with Gasteiger partial charge in [-0.05, 0) is 17.5 Å². The van der Waals surface area contributed by atoms with Gasteiger partial charge in [-0.1, -0.05) is 24.3 Å². The van der Waals surface area contributed by atoms with E-state index in [4.69, 9.17) is 0 Å². The SMILES string of the molecule is CN(C)c1cc(C(F)(F)F)nc(NCCN2CCc3ccccc3C2)n1. The lowest BCUT2D eigenvalue weighted by molar-refractivity contribution is -0.141. The van der Waals surface area contributed by atoms with Gasteiger partial charge in [-0.3, -0.25) is 4.90 Å². The highest BCUT2D eigenvalue weighted by Crippen LogP contribution is 2.30. The van der Waals surface area contributed by atoms with E-state index in [2.05, 4.69) is 32.3 Å². The van der Waals surface area contributed by atoms with E-state index < -0.39 is 11.9 Å². The summed E-state index contributed by atoms with van der Waals surface area (Å²) < 4.78 is 39.1. The number of aromatic nitrogens is 2. The second-order valence-corrected chi connectivity index (χ2v) is 6.55. The maximum atomic E-state index is 13.0. The molecular weight excluding hydrogens is 343 g/mol. The van der Waals surface area contributed by atoms with Crippen molar-refractivity contribution in [2.24, 2.45) is 0 Å². The van der Waals surface area contributed by atoms with E-state index in [0.29, 0.717) is 13.1 Å². The number of nitrogens with one attached hydrogen (secondary N) is 1. The Morgan fingerprint density at radius 2 is 1.88 bits per heavy atom. The molecule has 0 unspecified atom stereocenters. The Hall–Kier alpha value is -2.35. The maximum Gasteiger partial charge on any atom is 0.433 e. The largest absolute Gasteiger partial charge is 0.433 e. The Morgan fingerprint density at radius 3 is 2.58 bits per heavy atom. The molecule has 0 saturated heterocycles. The first-order valence-corrected chi connectivity index (χ1v) is 8.49. The lowest BCUT2D eigenvalue weighted by atomic mass is 10.00. The number of benzene rings is 1. The minimum Gasteiger partial charge on any atom is -0.363 e. The van der Waals surface area contributed by atoms with Gasteiger partial charge in [-0.15, -0.1) is 0 Å². The Labute approximate surface area is 150 Å². The molecule has 8 heteroatoms. The van der Waals surface area contributed by atoms with Gasteiger partial charge in [0.2, 0.25) is 5.95 Å². The first-order valence-electron chi connectivity index (χ1n) is 8.49. The van der Waals surface area contributed by atoms with E-state index in [1.807, 2.05) is 12.1 Å². The monoisotopic (exact) mass is 365 g/mol. The molecule has 5 nitrogen and oxygen atoms in total. The van der Waals surface area contributed by atoms with E-state index in [9.17, 15) is 13.2 Å². The lowest BCUT2D eigenvalue weighted by Crippen LogP contribution is -2.34. The molecule has 1 aromatic carbocycles. The van der Waals surface area contributed by atoms with Crippen LogP contribution in [0.5, 0.6) is 0 Å².